The zero-order valence-corrected chi connectivity index (χ0v) is 17.3. The molecule has 1 amide bonds. The molecule has 1 atom stereocenters. The molecular formula is C22H30N4O3. The van der Waals surface area contributed by atoms with Crippen LogP contribution in [0.5, 0.6) is 11.5 Å². The van der Waals surface area contributed by atoms with Crippen molar-refractivity contribution in [1.82, 2.24) is 5.32 Å². The SMILES string of the molecule is CCOc1ccc(C(C)NC(=O)CCCN=C(N)Nc2ccccc2OC)cc1. The Labute approximate surface area is 172 Å². The van der Waals surface area contributed by atoms with E-state index >= 15 is 0 Å². The number of guanidine groups is 1. The highest BCUT2D eigenvalue weighted by molar-refractivity contribution is 5.93. The summed E-state index contributed by atoms with van der Waals surface area (Å²) in [6.45, 7) is 5.00. The van der Waals surface area contributed by atoms with E-state index in [1.54, 1.807) is 7.11 Å². The van der Waals surface area contributed by atoms with Crippen molar-refractivity contribution < 1.29 is 14.3 Å². The highest BCUT2D eigenvalue weighted by Gasteiger charge is 2.09. The lowest BCUT2D eigenvalue weighted by Gasteiger charge is -2.15. The van der Waals surface area contributed by atoms with Crippen LogP contribution in [0.2, 0.25) is 0 Å². The van der Waals surface area contributed by atoms with E-state index in [2.05, 4.69) is 15.6 Å². The van der Waals surface area contributed by atoms with Crippen LogP contribution >= 0.6 is 0 Å². The van der Waals surface area contributed by atoms with Gasteiger partial charge in [-0.1, -0.05) is 24.3 Å². The highest BCUT2D eigenvalue weighted by Crippen LogP contribution is 2.22. The van der Waals surface area contributed by atoms with E-state index < -0.39 is 0 Å². The number of para-hydroxylation sites is 2. The summed E-state index contributed by atoms with van der Waals surface area (Å²) in [5, 5.41) is 6.01. The summed E-state index contributed by atoms with van der Waals surface area (Å²) in [6.07, 6.45) is 0.989. The minimum Gasteiger partial charge on any atom is -0.495 e. The molecule has 0 aliphatic rings. The molecule has 0 saturated carbocycles. The zero-order valence-electron chi connectivity index (χ0n) is 17.3. The Kier molecular flexibility index (Phi) is 8.82. The van der Waals surface area contributed by atoms with Crippen molar-refractivity contribution in [3.05, 3.63) is 54.1 Å². The van der Waals surface area contributed by atoms with Crippen LogP contribution in [0.25, 0.3) is 0 Å². The second kappa shape index (κ2) is 11.6. The van der Waals surface area contributed by atoms with Crippen LogP contribution in [-0.2, 0) is 4.79 Å². The van der Waals surface area contributed by atoms with Crippen LogP contribution < -0.4 is 25.8 Å². The quantitative estimate of drug-likeness (QED) is 0.323. The topological polar surface area (TPSA) is 98.0 Å². The standard InChI is InChI=1S/C22H30N4O3/c1-4-29-18-13-11-17(12-14-18)16(2)25-21(27)10-7-15-24-22(23)26-19-8-5-6-9-20(19)28-3/h5-6,8-9,11-14,16H,4,7,10,15H2,1-3H3,(H,25,27)(H3,23,24,26). The van der Waals surface area contributed by atoms with E-state index in [1.807, 2.05) is 62.4 Å². The number of amides is 1. The monoisotopic (exact) mass is 398 g/mol. The molecule has 7 heteroatoms. The number of hydrogen-bond acceptors (Lipinski definition) is 4. The first-order valence-electron chi connectivity index (χ1n) is 9.75. The van der Waals surface area contributed by atoms with Crippen molar-refractivity contribution in [1.29, 1.82) is 0 Å². The van der Waals surface area contributed by atoms with Gasteiger partial charge in [0.2, 0.25) is 5.91 Å². The van der Waals surface area contributed by atoms with Gasteiger partial charge < -0.3 is 25.8 Å². The number of nitrogens with one attached hydrogen (secondary N) is 2. The van der Waals surface area contributed by atoms with Crippen LogP contribution in [0.1, 0.15) is 38.3 Å². The van der Waals surface area contributed by atoms with Crippen molar-refractivity contribution in [2.24, 2.45) is 10.7 Å². The molecule has 2 aromatic carbocycles. The Morgan fingerprint density at radius 3 is 2.59 bits per heavy atom. The maximum Gasteiger partial charge on any atom is 0.220 e. The normalized spacial score (nSPS) is 12.2. The van der Waals surface area contributed by atoms with Gasteiger partial charge >= 0.3 is 0 Å². The lowest BCUT2D eigenvalue weighted by Crippen LogP contribution is -2.26. The molecule has 0 aliphatic heterocycles. The van der Waals surface area contributed by atoms with E-state index in [0.717, 1.165) is 17.0 Å². The van der Waals surface area contributed by atoms with E-state index in [9.17, 15) is 4.79 Å². The van der Waals surface area contributed by atoms with Crippen LogP contribution in [-0.4, -0.2) is 32.1 Å². The van der Waals surface area contributed by atoms with Crippen LogP contribution in [0, 0.1) is 0 Å². The summed E-state index contributed by atoms with van der Waals surface area (Å²) in [7, 11) is 1.60. The Bertz CT molecular complexity index is 806. The number of aliphatic imine (C=N–C) groups is 1. The third-order valence-corrected chi connectivity index (χ3v) is 4.28. The van der Waals surface area contributed by atoms with Crippen molar-refractivity contribution >= 4 is 17.6 Å². The summed E-state index contributed by atoms with van der Waals surface area (Å²) in [5.41, 5.74) is 7.69. The molecule has 4 N–H and O–H groups in total. The van der Waals surface area contributed by atoms with Crippen LogP contribution in [0.15, 0.2) is 53.5 Å². The number of carbonyl (C=O) groups excluding carboxylic acids is 1. The minimum atomic E-state index is -0.0704. The lowest BCUT2D eigenvalue weighted by atomic mass is 10.1. The highest BCUT2D eigenvalue weighted by atomic mass is 16.5. The fraction of sp³-hybridized carbons (Fsp3) is 0.364. The van der Waals surface area contributed by atoms with Gasteiger partial charge in [0.25, 0.3) is 0 Å². The number of ether oxygens (including phenoxy) is 2. The van der Waals surface area contributed by atoms with Gasteiger partial charge in [-0.2, -0.15) is 0 Å². The first-order chi connectivity index (χ1) is 14.0. The van der Waals surface area contributed by atoms with Crippen molar-refractivity contribution in [3.8, 4) is 11.5 Å². The molecule has 7 nitrogen and oxygen atoms in total. The number of hydrogen-bond donors (Lipinski definition) is 3. The number of methoxy groups -OCH3 is 1. The van der Waals surface area contributed by atoms with E-state index in [0.29, 0.717) is 31.7 Å². The molecule has 0 heterocycles. The average Bonchev–Trinajstić information content (AvgIpc) is 2.72. The second-order valence-electron chi connectivity index (χ2n) is 6.49. The lowest BCUT2D eigenvalue weighted by molar-refractivity contribution is -0.121. The van der Waals surface area contributed by atoms with Gasteiger partial charge in [0.1, 0.15) is 11.5 Å². The fourth-order valence-corrected chi connectivity index (χ4v) is 2.78. The average molecular weight is 399 g/mol. The zero-order chi connectivity index (χ0) is 21.1. The van der Waals surface area contributed by atoms with Gasteiger partial charge in [-0.05, 0) is 50.1 Å². The van der Waals surface area contributed by atoms with Gasteiger partial charge in [-0.3, -0.25) is 9.79 Å². The van der Waals surface area contributed by atoms with Gasteiger partial charge in [0.15, 0.2) is 5.96 Å². The maximum atomic E-state index is 12.2. The Hall–Kier alpha value is -3.22. The van der Waals surface area contributed by atoms with Gasteiger partial charge in [0, 0.05) is 13.0 Å². The predicted octanol–water partition coefficient (Wildman–Crippen LogP) is 3.48. The van der Waals surface area contributed by atoms with E-state index in [-0.39, 0.29) is 17.9 Å². The van der Waals surface area contributed by atoms with E-state index in [1.165, 1.54) is 0 Å². The Morgan fingerprint density at radius 2 is 1.90 bits per heavy atom. The summed E-state index contributed by atoms with van der Waals surface area (Å²) in [4.78, 5) is 16.4. The molecule has 1 unspecified atom stereocenters. The van der Waals surface area contributed by atoms with Gasteiger partial charge in [0.05, 0.1) is 25.4 Å². The number of nitrogens with two attached hydrogens (primary N) is 1. The first-order valence-corrected chi connectivity index (χ1v) is 9.75. The van der Waals surface area contributed by atoms with Gasteiger partial charge in [-0.25, -0.2) is 0 Å². The molecular weight excluding hydrogens is 368 g/mol. The summed E-state index contributed by atoms with van der Waals surface area (Å²) >= 11 is 0. The van der Waals surface area contributed by atoms with Crippen molar-refractivity contribution in [2.75, 3.05) is 25.6 Å². The Balaban J connectivity index is 1.73. The minimum absolute atomic E-state index is 0.0159. The van der Waals surface area contributed by atoms with Crippen LogP contribution in [0.3, 0.4) is 0 Å². The summed E-state index contributed by atoms with van der Waals surface area (Å²) in [5.74, 6) is 1.79. The predicted molar refractivity (Wildman–Crippen MR) is 117 cm³/mol. The molecule has 29 heavy (non-hydrogen) atoms. The molecule has 0 aliphatic carbocycles. The van der Waals surface area contributed by atoms with Gasteiger partial charge in [-0.15, -0.1) is 0 Å². The molecule has 0 aromatic heterocycles. The molecule has 0 radical (unpaired) electrons. The number of rotatable bonds is 10. The number of nitrogens with zero attached hydrogens (tertiary/aromatic N) is 1. The van der Waals surface area contributed by atoms with Crippen LogP contribution in [0.4, 0.5) is 5.69 Å². The number of benzene rings is 2. The Morgan fingerprint density at radius 1 is 1.17 bits per heavy atom. The first kappa shape index (κ1) is 22.1. The largest absolute Gasteiger partial charge is 0.495 e. The molecule has 0 saturated heterocycles. The summed E-state index contributed by atoms with van der Waals surface area (Å²) < 4.78 is 10.7. The second-order valence-corrected chi connectivity index (χ2v) is 6.49. The fourth-order valence-electron chi connectivity index (χ4n) is 2.78. The third kappa shape index (κ3) is 7.37. The smallest absolute Gasteiger partial charge is 0.220 e. The van der Waals surface area contributed by atoms with E-state index in [4.69, 9.17) is 15.2 Å². The molecule has 0 bridgehead atoms. The molecule has 2 aromatic rings. The van der Waals surface area contributed by atoms with Crippen molar-refractivity contribution in [2.45, 2.75) is 32.7 Å². The van der Waals surface area contributed by atoms with Crippen molar-refractivity contribution in [3.63, 3.8) is 0 Å². The maximum absolute atomic E-state index is 12.2. The summed E-state index contributed by atoms with van der Waals surface area (Å²) in [6, 6.07) is 15.1. The molecule has 156 valence electrons. The molecule has 0 spiro atoms. The number of anilines is 1. The molecule has 0 fully saturated rings. The third-order valence-electron chi connectivity index (χ3n) is 4.28. The number of carbonyl (C=O) groups is 1. The molecule has 2 rings (SSSR count).